The number of nitrogens with one attached hydrogen (secondary N) is 1. The smallest absolute Gasteiger partial charge is 0.116 e. The first-order valence-corrected chi connectivity index (χ1v) is 5.15. The van der Waals surface area contributed by atoms with Crippen molar-refractivity contribution in [1.82, 2.24) is 9.97 Å². The van der Waals surface area contributed by atoms with Gasteiger partial charge in [-0.25, -0.2) is 4.98 Å². The van der Waals surface area contributed by atoms with Crippen LogP contribution in [0.1, 0.15) is 11.4 Å². The minimum atomic E-state index is 0.645. The molecule has 0 amide bonds. The van der Waals surface area contributed by atoms with Crippen molar-refractivity contribution < 1.29 is 0 Å². The van der Waals surface area contributed by atoms with Crippen LogP contribution in [0.2, 0.25) is 0 Å². The molecule has 0 radical (unpaired) electrons. The molecule has 0 fully saturated rings. The van der Waals surface area contributed by atoms with Gasteiger partial charge in [-0.15, -0.1) is 0 Å². The van der Waals surface area contributed by atoms with Crippen molar-refractivity contribution in [3.05, 3.63) is 41.9 Å². The van der Waals surface area contributed by atoms with Gasteiger partial charge in [0.15, 0.2) is 0 Å². The molecule has 1 aromatic heterocycles. The molecule has 0 unspecified atom stereocenters. The highest BCUT2D eigenvalue weighted by Gasteiger charge is 2.03. The highest BCUT2D eigenvalue weighted by molar-refractivity contribution is 7.79. The van der Waals surface area contributed by atoms with Crippen LogP contribution in [0.25, 0.3) is 11.3 Å². The average molecular weight is 204 g/mol. The van der Waals surface area contributed by atoms with Gasteiger partial charge in [0.2, 0.25) is 0 Å². The van der Waals surface area contributed by atoms with Gasteiger partial charge in [-0.1, -0.05) is 24.3 Å². The van der Waals surface area contributed by atoms with Crippen LogP contribution in [-0.2, 0) is 5.75 Å². The third-order valence-corrected chi connectivity index (χ3v) is 2.51. The zero-order valence-electron chi connectivity index (χ0n) is 7.99. The van der Waals surface area contributed by atoms with E-state index in [0.29, 0.717) is 5.75 Å². The number of thiol groups is 1. The minimum Gasteiger partial charge on any atom is -0.341 e. The maximum atomic E-state index is 4.22. The fourth-order valence-electron chi connectivity index (χ4n) is 1.45. The Morgan fingerprint density at radius 2 is 2.14 bits per heavy atom. The zero-order chi connectivity index (χ0) is 9.97. The van der Waals surface area contributed by atoms with E-state index in [9.17, 15) is 0 Å². The maximum Gasteiger partial charge on any atom is 0.116 e. The van der Waals surface area contributed by atoms with Crippen molar-refractivity contribution in [2.24, 2.45) is 0 Å². The number of H-pyrrole nitrogens is 1. The lowest BCUT2D eigenvalue weighted by Gasteiger charge is -2.01. The number of aromatic nitrogens is 2. The number of hydrogen-bond acceptors (Lipinski definition) is 2. The van der Waals surface area contributed by atoms with Crippen LogP contribution in [0.15, 0.2) is 30.5 Å². The van der Waals surface area contributed by atoms with E-state index in [1.54, 1.807) is 0 Å². The highest BCUT2D eigenvalue weighted by Crippen LogP contribution is 2.20. The Morgan fingerprint density at radius 3 is 2.79 bits per heavy atom. The molecule has 0 aliphatic heterocycles. The molecular weight excluding hydrogens is 192 g/mol. The fraction of sp³-hybridized carbons (Fsp3) is 0.182. The van der Waals surface area contributed by atoms with Gasteiger partial charge in [0, 0.05) is 11.3 Å². The first-order valence-electron chi connectivity index (χ1n) is 4.52. The molecule has 0 saturated heterocycles. The van der Waals surface area contributed by atoms with E-state index in [2.05, 4.69) is 41.7 Å². The van der Waals surface area contributed by atoms with Crippen LogP contribution in [0, 0.1) is 6.92 Å². The van der Waals surface area contributed by atoms with Gasteiger partial charge >= 0.3 is 0 Å². The summed E-state index contributed by atoms with van der Waals surface area (Å²) in [6.07, 6.45) is 1.86. The molecule has 0 aliphatic carbocycles. The van der Waals surface area contributed by atoms with Gasteiger partial charge in [0.25, 0.3) is 0 Å². The number of hydrogen-bond donors (Lipinski definition) is 2. The molecule has 0 aliphatic rings. The zero-order valence-corrected chi connectivity index (χ0v) is 8.88. The second-order valence-electron chi connectivity index (χ2n) is 3.22. The van der Waals surface area contributed by atoms with Crippen molar-refractivity contribution >= 4 is 12.6 Å². The van der Waals surface area contributed by atoms with Gasteiger partial charge in [-0.2, -0.15) is 12.6 Å². The third-order valence-electron chi connectivity index (χ3n) is 2.21. The van der Waals surface area contributed by atoms with Gasteiger partial charge in [0.1, 0.15) is 5.82 Å². The molecule has 0 saturated carbocycles. The number of benzene rings is 1. The summed E-state index contributed by atoms with van der Waals surface area (Å²) in [6.45, 7) is 2.09. The topological polar surface area (TPSA) is 28.7 Å². The van der Waals surface area contributed by atoms with E-state index in [1.165, 1.54) is 11.1 Å². The summed E-state index contributed by atoms with van der Waals surface area (Å²) in [6, 6.07) is 8.25. The predicted molar refractivity (Wildman–Crippen MR) is 61.5 cm³/mol. The van der Waals surface area contributed by atoms with E-state index in [1.807, 2.05) is 18.3 Å². The van der Waals surface area contributed by atoms with Crippen LogP contribution in [0.5, 0.6) is 0 Å². The van der Waals surface area contributed by atoms with Gasteiger partial charge in [0.05, 0.1) is 11.9 Å². The Labute approximate surface area is 88.8 Å². The molecule has 14 heavy (non-hydrogen) atoms. The number of rotatable bonds is 2. The summed E-state index contributed by atoms with van der Waals surface area (Å²) in [5, 5.41) is 0. The van der Waals surface area contributed by atoms with E-state index >= 15 is 0 Å². The van der Waals surface area contributed by atoms with E-state index in [4.69, 9.17) is 0 Å². The predicted octanol–water partition coefficient (Wildman–Crippen LogP) is 2.81. The summed E-state index contributed by atoms with van der Waals surface area (Å²) in [5.41, 5.74) is 3.52. The van der Waals surface area contributed by atoms with Crippen molar-refractivity contribution in [1.29, 1.82) is 0 Å². The highest BCUT2D eigenvalue weighted by atomic mass is 32.1. The molecule has 1 aromatic carbocycles. The van der Waals surface area contributed by atoms with Crippen LogP contribution in [0.3, 0.4) is 0 Å². The number of imidazole rings is 1. The number of nitrogens with zero attached hydrogens (tertiary/aromatic N) is 1. The Balaban J connectivity index is 2.44. The molecule has 72 valence electrons. The standard InChI is InChI=1S/C11H12N2S/c1-8-4-2-3-5-9(8)10-6-12-11(7-14)13-10/h2-6,14H,7H2,1H3,(H,12,13). The van der Waals surface area contributed by atoms with Crippen LogP contribution in [0.4, 0.5) is 0 Å². The molecule has 3 heteroatoms. The summed E-state index contributed by atoms with van der Waals surface area (Å²) in [4.78, 5) is 7.45. The van der Waals surface area contributed by atoms with E-state index < -0.39 is 0 Å². The number of aromatic amines is 1. The normalized spacial score (nSPS) is 10.4. The molecule has 0 spiro atoms. The SMILES string of the molecule is Cc1ccccc1-c1cnc(CS)[nH]1. The molecule has 2 nitrogen and oxygen atoms in total. The second kappa shape index (κ2) is 3.88. The molecule has 1 heterocycles. The Kier molecular flexibility index (Phi) is 2.59. The molecule has 2 aromatic rings. The molecule has 0 bridgehead atoms. The van der Waals surface area contributed by atoms with Crippen LogP contribution >= 0.6 is 12.6 Å². The monoisotopic (exact) mass is 204 g/mol. The minimum absolute atomic E-state index is 0.645. The molecular formula is C11H12N2S. The third kappa shape index (κ3) is 1.68. The molecule has 1 N–H and O–H groups in total. The fourth-order valence-corrected chi connectivity index (χ4v) is 1.62. The van der Waals surface area contributed by atoms with Crippen molar-refractivity contribution in [2.75, 3.05) is 0 Å². The van der Waals surface area contributed by atoms with Gasteiger partial charge in [-0.3, -0.25) is 0 Å². The summed E-state index contributed by atoms with van der Waals surface area (Å²) in [7, 11) is 0. The lowest BCUT2D eigenvalue weighted by atomic mass is 10.1. The van der Waals surface area contributed by atoms with Gasteiger partial charge < -0.3 is 4.98 Å². The number of aryl methyl sites for hydroxylation is 1. The van der Waals surface area contributed by atoms with Crippen LogP contribution < -0.4 is 0 Å². The lowest BCUT2D eigenvalue weighted by molar-refractivity contribution is 1.13. The summed E-state index contributed by atoms with van der Waals surface area (Å²) < 4.78 is 0. The summed E-state index contributed by atoms with van der Waals surface area (Å²) >= 11 is 4.17. The quantitative estimate of drug-likeness (QED) is 0.723. The molecule has 2 rings (SSSR count). The van der Waals surface area contributed by atoms with Gasteiger partial charge in [-0.05, 0) is 12.5 Å². The van der Waals surface area contributed by atoms with E-state index in [0.717, 1.165) is 11.5 Å². The first kappa shape index (κ1) is 9.34. The van der Waals surface area contributed by atoms with Crippen molar-refractivity contribution in [3.8, 4) is 11.3 Å². The Morgan fingerprint density at radius 1 is 1.36 bits per heavy atom. The summed E-state index contributed by atoms with van der Waals surface area (Å²) in [5.74, 6) is 1.55. The Hall–Kier alpha value is -1.22. The lowest BCUT2D eigenvalue weighted by Crippen LogP contribution is -1.83. The maximum absolute atomic E-state index is 4.22. The second-order valence-corrected chi connectivity index (χ2v) is 3.53. The van der Waals surface area contributed by atoms with E-state index in [-0.39, 0.29) is 0 Å². The Bertz CT molecular complexity index is 434. The average Bonchev–Trinajstić information content (AvgIpc) is 2.67. The molecule has 0 atom stereocenters. The van der Waals surface area contributed by atoms with Crippen LogP contribution in [-0.4, -0.2) is 9.97 Å². The first-order chi connectivity index (χ1) is 6.81. The van der Waals surface area contributed by atoms with Crippen molar-refractivity contribution in [2.45, 2.75) is 12.7 Å². The largest absolute Gasteiger partial charge is 0.341 e. The van der Waals surface area contributed by atoms with Crippen molar-refractivity contribution in [3.63, 3.8) is 0 Å².